The minimum atomic E-state index is -0.302. The third-order valence-corrected chi connectivity index (χ3v) is 4.80. The molecule has 0 N–H and O–H groups in total. The molecule has 0 saturated heterocycles. The summed E-state index contributed by atoms with van der Waals surface area (Å²) in [5.41, 5.74) is 1.94. The predicted molar refractivity (Wildman–Crippen MR) is 98.8 cm³/mol. The van der Waals surface area contributed by atoms with Crippen LogP contribution in [0.15, 0.2) is 54.6 Å². The first-order valence-electron chi connectivity index (χ1n) is 8.74. The minimum absolute atomic E-state index is 0.103. The van der Waals surface area contributed by atoms with E-state index in [9.17, 15) is 9.18 Å². The second-order valence-electron chi connectivity index (χ2n) is 6.51. The van der Waals surface area contributed by atoms with Crippen LogP contribution in [-0.4, -0.2) is 25.9 Å². The Morgan fingerprint density at radius 1 is 0.958 bits per heavy atom. The zero-order valence-corrected chi connectivity index (χ0v) is 14.7. The van der Waals surface area contributed by atoms with Crippen molar-refractivity contribution < 1.29 is 9.18 Å². The molecule has 24 heavy (non-hydrogen) atoms. The number of hydrogen-bond donors (Lipinski definition) is 0. The van der Waals surface area contributed by atoms with Crippen molar-refractivity contribution in [1.82, 2.24) is 4.48 Å². The largest absolute Gasteiger partial charge is 0.294 e. The van der Waals surface area contributed by atoms with Gasteiger partial charge in [0.25, 0.3) is 0 Å². The van der Waals surface area contributed by atoms with Gasteiger partial charge in [-0.2, -0.15) is 0 Å². The van der Waals surface area contributed by atoms with E-state index < -0.39 is 0 Å². The van der Waals surface area contributed by atoms with Gasteiger partial charge in [-0.15, -0.1) is 0 Å². The zero-order valence-electron chi connectivity index (χ0n) is 14.7. The van der Waals surface area contributed by atoms with E-state index in [4.69, 9.17) is 0 Å². The Balaban J connectivity index is 1.76. The third-order valence-electron chi connectivity index (χ3n) is 4.80. The molecule has 0 bridgehead atoms. The molecule has 2 aromatic rings. The Bertz CT molecular complexity index is 639. The second-order valence-corrected chi connectivity index (χ2v) is 6.51. The van der Waals surface area contributed by atoms with E-state index in [1.807, 2.05) is 6.07 Å². The number of para-hydroxylation sites is 1. The SMILES string of the molecule is CC[N+](C)(CCCCCC(=O)c1ccc(F)cc1)c1ccccc1. The summed E-state index contributed by atoms with van der Waals surface area (Å²) in [5, 5.41) is 0. The molecule has 1 unspecified atom stereocenters. The van der Waals surface area contributed by atoms with Gasteiger partial charge in [-0.05, 0) is 62.6 Å². The van der Waals surface area contributed by atoms with Crippen LogP contribution < -0.4 is 4.48 Å². The maximum absolute atomic E-state index is 12.9. The Hall–Kier alpha value is -2.00. The molecule has 2 rings (SSSR count). The fourth-order valence-electron chi connectivity index (χ4n) is 2.96. The number of nitrogens with zero attached hydrogens (tertiary/aromatic N) is 1. The lowest BCUT2D eigenvalue weighted by Crippen LogP contribution is -2.45. The topological polar surface area (TPSA) is 17.1 Å². The van der Waals surface area contributed by atoms with E-state index in [0.29, 0.717) is 12.0 Å². The highest BCUT2D eigenvalue weighted by molar-refractivity contribution is 5.95. The number of carbonyl (C=O) groups is 1. The first kappa shape index (κ1) is 18.3. The molecule has 0 saturated carbocycles. The van der Waals surface area contributed by atoms with Crippen LogP contribution in [0.4, 0.5) is 10.1 Å². The molecule has 2 nitrogen and oxygen atoms in total. The first-order valence-corrected chi connectivity index (χ1v) is 8.74. The Kier molecular flexibility index (Phi) is 6.68. The smallest absolute Gasteiger partial charge is 0.162 e. The van der Waals surface area contributed by atoms with Crippen molar-refractivity contribution in [2.45, 2.75) is 32.6 Å². The van der Waals surface area contributed by atoms with Gasteiger partial charge in [-0.1, -0.05) is 18.2 Å². The van der Waals surface area contributed by atoms with Gasteiger partial charge in [0.1, 0.15) is 11.5 Å². The van der Waals surface area contributed by atoms with Gasteiger partial charge in [0.15, 0.2) is 5.78 Å². The maximum atomic E-state index is 12.9. The van der Waals surface area contributed by atoms with Crippen molar-refractivity contribution in [3.05, 3.63) is 66.0 Å². The fourth-order valence-corrected chi connectivity index (χ4v) is 2.96. The number of ketones is 1. The van der Waals surface area contributed by atoms with Gasteiger partial charge in [-0.25, -0.2) is 4.39 Å². The average molecular weight is 328 g/mol. The Morgan fingerprint density at radius 2 is 1.62 bits per heavy atom. The molecule has 0 radical (unpaired) electrons. The Labute approximate surface area is 144 Å². The van der Waals surface area contributed by atoms with Gasteiger partial charge in [0.2, 0.25) is 0 Å². The molecule has 0 spiro atoms. The zero-order chi connectivity index (χ0) is 17.4. The Morgan fingerprint density at radius 3 is 2.25 bits per heavy atom. The van der Waals surface area contributed by atoms with Gasteiger partial charge in [0.05, 0.1) is 20.1 Å². The fraction of sp³-hybridized carbons (Fsp3) is 0.381. The van der Waals surface area contributed by atoms with E-state index in [1.54, 1.807) is 12.1 Å². The molecule has 0 amide bonds. The van der Waals surface area contributed by atoms with Crippen LogP contribution in [0.3, 0.4) is 0 Å². The average Bonchev–Trinajstić information content (AvgIpc) is 2.62. The van der Waals surface area contributed by atoms with Crippen LogP contribution >= 0.6 is 0 Å². The summed E-state index contributed by atoms with van der Waals surface area (Å²) in [6.45, 7) is 4.34. The number of carbonyl (C=O) groups excluding carboxylic acids is 1. The molecule has 0 aromatic heterocycles. The van der Waals surface area contributed by atoms with Crippen LogP contribution in [0.1, 0.15) is 43.0 Å². The lowest BCUT2D eigenvalue weighted by molar-refractivity contribution is 0.0979. The number of rotatable bonds is 9. The number of Topliss-reactive ketones (excluding diaryl/α,β-unsaturated/α-hetero) is 1. The van der Waals surface area contributed by atoms with Crippen molar-refractivity contribution in [1.29, 1.82) is 0 Å². The highest BCUT2D eigenvalue weighted by Crippen LogP contribution is 2.21. The molecule has 2 aromatic carbocycles. The molecule has 0 aliphatic carbocycles. The van der Waals surface area contributed by atoms with Gasteiger partial charge < -0.3 is 0 Å². The summed E-state index contributed by atoms with van der Waals surface area (Å²) in [4.78, 5) is 12.1. The van der Waals surface area contributed by atoms with Crippen LogP contribution in [0.25, 0.3) is 0 Å². The van der Waals surface area contributed by atoms with Crippen molar-refractivity contribution in [3.8, 4) is 0 Å². The summed E-state index contributed by atoms with van der Waals surface area (Å²) in [7, 11) is 2.26. The summed E-state index contributed by atoms with van der Waals surface area (Å²) in [5.74, 6) is -0.199. The molecule has 0 aliphatic rings. The van der Waals surface area contributed by atoms with Crippen LogP contribution in [-0.2, 0) is 0 Å². The van der Waals surface area contributed by atoms with E-state index in [1.165, 1.54) is 17.8 Å². The molecular formula is C21H27FNO+. The van der Waals surface area contributed by atoms with Crippen molar-refractivity contribution in [2.75, 3.05) is 20.1 Å². The standard InChI is InChI=1S/C21H27FNO/c1-3-23(2,20-10-6-4-7-11-20)17-9-5-8-12-21(24)18-13-15-19(22)16-14-18/h4,6-7,10-11,13-16H,3,5,8-9,12,17H2,1-2H3/q+1. The van der Waals surface area contributed by atoms with Crippen molar-refractivity contribution >= 4 is 11.5 Å². The highest BCUT2D eigenvalue weighted by Gasteiger charge is 2.21. The van der Waals surface area contributed by atoms with E-state index in [2.05, 4.69) is 38.2 Å². The third kappa shape index (κ3) is 5.00. The summed E-state index contributed by atoms with van der Waals surface area (Å²) in [6.07, 6.45) is 3.55. The molecule has 0 aliphatic heterocycles. The summed E-state index contributed by atoms with van der Waals surface area (Å²) < 4.78 is 13.8. The van der Waals surface area contributed by atoms with Gasteiger partial charge in [-0.3, -0.25) is 9.28 Å². The van der Waals surface area contributed by atoms with E-state index in [0.717, 1.165) is 36.8 Å². The normalized spacial score (nSPS) is 13.5. The molecule has 0 fully saturated rings. The maximum Gasteiger partial charge on any atom is 0.162 e. The van der Waals surface area contributed by atoms with Crippen molar-refractivity contribution in [2.24, 2.45) is 0 Å². The lowest BCUT2D eigenvalue weighted by atomic mass is 10.0. The predicted octanol–water partition coefficient (Wildman–Crippen LogP) is 5.23. The van der Waals surface area contributed by atoms with Crippen LogP contribution in [0.5, 0.6) is 0 Å². The summed E-state index contributed by atoms with van der Waals surface area (Å²) in [6, 6.07) is 16.4. The quantitative estimate of drug-likeness (QED) is 0.350. The molecule has 0 heterocycles. The molecule has 128 valence electrons. The minimum Gasteiger partial charge on any atom is -0.294 e. The molecule has 3 heteroatoms. The van der Waals surface area contributed by atoms with Crippen molar-refractivity contribution in [3.63, 3.8) is 0 Å². The van der Waals surface area contributed by atoms with E-state index in [-0.39, 0.29) is 11.6 Å². The monoisotopic (exact) mass is 328 g/mol. The number of unbranched alkanes of at least 4 members (excludes halogenated alkanes) is 2. The van der Waals surface area contributed by atoms with E-state index >= 15 is 0 Å². The number of halogens is 1. The molecular weight excluding hydrogens is 301 g/mol. The van der Waals surface area contributed by atoms with Crippen LogP contribution in [0, 0.1) is 5.82 Å². The summed E-state index contributed by atoms with van der Waals surface area (Å²) >= 11 is 0. The molecule has 1 atom stereocenters. The van der Waals surface area contributed by atoms with Gasteiger partial charge >= 0.3 is 0 Å². The second kappa shape index (κ2) is 8.74. The number of benzene rings is 2. The van der Waals surface area contributed by atoms with Crippen LogP contribution in [0.2, 0.25) is 0 Å². The lowest BCUT2D eigenvalue weighted by Gasteiger charge is -2.33. The highest BCUT2D eigenvalue weighted by atomic mass is 19.1. The first-order chi connectivity index (χ1) is 11.5. The number of quaternary nitrogens is 1. The number of hydrogen-bond acceptors (Lipinski definition) is 1. The van der Waals surface area contributed by atoms with Gasteiger partial charge in [0, 0.05) is 12.0 Å².